The Labute approximate surface area is 187 Å². The molecule has 3 aromatic rings. The fourth-order valence-corrected chi connectivity index (χ4v) is 3.92. The molecule has 0 atom stereocenters. The van der Waals surface area contributed by atoms with Crippen molar-refractivity contribution in [3.63, 3.8) is 0 Å². The summed E-state index contributed by atoms with van der Waals surface area (Å²) >= 11 is 0. The lowest BCUT2D eigenvalue weighted by atomic mass is 9.96. The van der Waals surface area contributed by atoms with E-state index in [4.69, 9.17) is 4.74 Å². The number of aryl methyl sites for hydroxylation is 2. The number of fused-ring (bicyclic) bond motifs is 1. The molecule has 0 saturated carbocycles. The van der Waals surface area contributed by atoms with Crippen molar-refractivity contribution in [1.29, 1.82) is 0 Å². The van der Waals surface area contributed by atoms with Crippen LogP contribution in [0.4, 0.5) is 5.95 Å². The van der Waals surface area contributed by atoms with E-state index in [1.54, 1.807) is 0 Å². The first-order chi connectivity index (χ1) is 15.5. The van der Waals surface area contributed by atoms with Gasteiger partial charge in [0, 0.05) is 35.8 Å². The van der Waals surface area contributed by atoms with Crippen molar-refractivity contribution in [2.45, 2.75) is 26.7 Å². The Bertz CT molecular complexity index is 1100. The molecule has 2 aromatic carbocycles. The van der Waals surface area contributed by atoms with Crippen LogP contribution >= 0.6 is 0 Å². The topological polar surface area (TPSA) is 96.5 Å². The van der Waals surface area contributed by atoms with E-state index in [1.165, 1.54) is 0 Å². The fourth-order valence-electron chi connectivity index (χ4n) is 3.92. The Hall–Kier alpha value is -3.68. The smallest absolute Gasteiger partial charge is 0.276 e. The Morgan fingerprint density at radius 3 is 2.44 bits per heavy atom. The second-order valence-electron chi connectivity index (χ2n) is 8.02. The molecule has 0 spiro atoms. The zero-order chi connectivity index (χ0) is 22.5. The largest absolute Gasteiger partial charge is 0.483 e. The van der Waals surface area contributed by atoms with Gasteiger partial charge in [0.2, 0.25) is 11.9 Å². The number of rotatable bonds is 5. The number of carbonyl (C=O) groups excluding carboxylic acids is 2. The number of hydrogen-bond donors (Lipinski definition) is 2. The predicted octanol–water partition coefficient (Wildman–Crippen LogP) is 2.69. The van der Waals surface area contributed by atoms with Gasteiger partial charge in [-0.25, -0.2) is 9.97 Å². The van der Waals surface area contributed by atoms with Crippen LogP contribution in [0.15, 0.2) is 48.5 Å². The van der Waals surface area contributed by atoms with E-state index in [1.807, 2.05) is 62.4 Å². The van der Waals surface area contributed by atoms with Gasteiger partial charge in [-0.1, -0.05) is 36.4 Å². The zero-order valence-electron chi connectivity index (χ0n) is 18.3. The van der Waals surface area contributed by atoms with Crippen molar-refractivity contribution in [3.05, 3.63) is 59.9 Å². The minimum atomic E-state index is -0.410. The summed E-state index contributed by atoms with van der Waals surface area (Å²) in [6, 6.07) is 15.4. The molecule has 32 heavy (non-hydrogen) atoms. The second kappa shape index (κ2) is 9.64. The Morgan fingerprint density at radius 2 is 1.69 bits per heavy atom. The number of amides is 2. The number of piperidine rings is 1. The average Bonchev–Trinajstić information content (AvgIpc) is 2.80. The van der Waals surface area contributed by atoms with E-state index in [-0.39, 0.29) is 18.4 Å². The lowest BCUT2D eigenvalue weighted by Gasteiger charge is -2.31. The third-order valence-corrected chi connectivity index (χ3v) is 5.55. The molecule has 8 nitrogen and oxygen atoms in total. The van der Waals surface area contributed by atoms with Crippen molar-refractivity contribution in [2.75, 3.05) is 24.6 Å². The number of anilines is 1. The highest BCUT2D eigenvalue weighted by Crippen LogP contribution is 2.25. The Morgan fingerprint density at radius 1 is 1.00 bits per heavy atom. The summed E-state index contributed by atoms with van der Waals surface area (Å²) in [6.45, 7) is 5.10. The number of hydrazine groups is 1. The number of aromatic nitrogens is 2. The molecule has 1 aliphatic rings. The first-order valence-electron chi connectivity index (χ1n) is 10.8. The van der Waals surface area contributed by atoms with E-state index >= 15 is 0 Å². The highest BCUT2D eigenvalue weighted by Gasteiger charge is 2.26. The number of carbonyl (C=O) groups is 2. The van der Waals surface area contributed by atoms with Gasteiger partial charge >= 0.3 is 0 Å². The summed E-state index contributed by atoms with van der Waals surface area (Å²) in [7, 11) is 0. The van der Waals surface area contributed by atoms with Gasteiger partial charge in [0.25, 0.3) is 5.91 Å². The van der Waals surface area contributed by atoms with Crippen LogP contribution in [-0.2, 0) is 9.59 Å². The number of ether oxygens (including phenoxy) is 1. The molecule has 166 valence electrons. The van der Waals surface area contributed by atoms with E-state index in [2.05, 4.69) is 25.7 Å². The summed E-state index contributed by atoms with van der Waals surface area (Å²) in [6.07, 6.45) is 1.34. The highest BCUT2D eigenvalue weighted by atomic mass is 16.5. The molecular weight excluding hydrogens is 406 g/mol. The number of hydrogen-bond acceptors (Lipinski definition) is 6. The van der Waals surface area contributed by atoms with Crippen molar-refractivity contribution in [2.24, 2.45) is 5.92 Å². The Balaban J connectivity index is 1.23. The molecule has 1 aromatic heterocycles. The van der Waals surface area contributed by atoms with E-state index < -0.39 is 5.91 Å². The summed E-state index contributed by atoms with van der Waals surface area (Å²) in [5.41, 5.74) is 6.85. The molecule has 2 N–H and O–H groups in total. The molecular formula is C24H27N5O3. The summed E-state index contributed by atoms with van der Waals surface area (Å²) in [5.74, 6) is 0.569. The van der Waals surface area contributed by atoms with Crippen LogP contribution in [-0.4, -0.2) is 41.5 Å². The van der Waals surface area contributed by atoms with Crippen LogP contribution in [0, 0.1) is 19.8 Å². The quantitative estimate of drug-likeness (QED) is 0.601. The van der Waals surface area contributed by atoms with Crippen molar-refractivity contribution in [3.8, 4) is 5.75 Å². The first-order valence-corrected chi connectivity index (χ1v) is 10.8. The van der Waals surface area contributed by atoms with E-state index in [9.17, 15) is 9.59 Å². The third kappa shape index (κ3) is 5.14. The monoisotopic (exact) mass is 433 g/mol. The molecule has 0 radical (unpaired) electrons. The van der Waals surface area contributed by atoms with Crippen LogP contribution in [0.2, 0.25) is 0 Å². The molecule has 1 aliphatic heterocycles. The summed E-state index contributed by atoms with van der Waals surface area (Å²) in [4.78, 5) is 35.7. The normalized spacial score (nSPS) is 14.2. The Kier molecular flexibility index (Phi) is 6.49. The molecule has 0 unspecified atom stereocenters. The van der Waals surface area contributed by atoms with Gasteiger partial charge in [0.15, 0.2) is 6.61 Å². The molecule has 2 heterocycles. The van der Waals surface area contributed by atoms with Gasteiger partial charge < -0.3 is 9.64 Å². The fraction of sp³-hybridized carbons (Fsp3) is 0.333. The van der Waals surface area contributed by atoms with Crippen molar-refractivity contribution < 1.29 is 14.3 Å². The maximum absolute atomic E-state index is 12.5. The minimum absolute atomic E-state index is 0.170. The van der Waals surface area contributed by atoms with Crippen LogP contribution < -0.4 is 20.5 Å². The van der Waals surface area contributed by atoms with Crippen LogP contribution in [0.1, 0.15) is 24.2 Å². The third-order valence-electron chi connectivity index (χ3n) is 5.55. The molecule has 0 bridgehead atoms. The number of benzene rings is 2. The lowest BCUT2D eigenvalue weighted by molar-refractivity contribution is -0.132. The maximum atomic E-state index is 12.5. The van der Waals surface area contributed by atoms with Crippen LogP contribution in [0.25, 0.3) is 10.8 Å². The molecule has 8 heteroatoms. The van der Waals surface area contributed by atoms with Gasteiger partial charge in [-0.05, 0) is 44.2 Å². The highest BCUT2D eigenvalue weighted by molar-refractivity contribution is 5.89. The van der Waals surface area contributed by atoms with Gasteiger partial charge in [-0.15, -0.1) is 0 Å². The van der Waals surface area contributed by atoms with Gasteiger partial charge in [0.1, 0.15) is 5.75 Å². The zero-order valence-corrected chi connectivity index (χ0v) is 18.3. The first kappa shape index (κ1) is 21.5. The second-order valence-corrected chi connectivity index (χ2v) is 8.02. The molecule has 4 rings (SSSR count). The van der Waals surface area contributed by atoms with E-state index in [0.717, 1.165) is 22.2 Å². The minimum Gasteiger partial charge on any atom is -0.483 e. The van der Waals surface area contributed by atoms with Crippen LogP contribution in [0.5, 0.6) is 5.75 Å². The average molecular weight is 434 g/mol. The molecule has 0 aliphatic carbocycles. The number of nitrogens with zero attached hydrogens (tertiary/aromatic N) is 3. The maximum Gasteiger partial charge on any atom is 0.276 e. The SMILES string of the molecule is Cc1cc(C)nc(N2CCC(C(=O)NNC(=O)COc3cccc4ccccc34)CC2)n1. The van der Waals surface area contributed by atoms with E-state index in [0.29, 0.717) is 37.6 Å². The lowest BCUT2D eigenvalue weighted by Crippen LogP contribution is -2.48. The summed E-state index contributed by atoms with van der Waals surface area (Å²) < 4.78 is 5.66. The molecule has 1 saturated heterocycles. The van der Waals surface area contributed by atoms with Crippen molar-refractivity contribution >= 4 is 28.5 Å². The standard InChI is InChI=1S/C24H27N5O3/c1-16-14-17(2)26-24(25-16)29-12-10-19(11-13-29)23(31)28-27-22(30)15-32-21-9-5-7-18-6-3-4-8-20(18)21/h3-9,14,19H,10-13,15H2,1-2H3,(H,27,30)(H,28,31). The summed E-state index contributed by atoms with van der Waals surface area (Å²) in [5, 5.41) is 1.97. The van der Waals surface area contributed by atoms with Crippen LogP contribution in [0.3, 0.4) is 0 Å². The number of nitrogens with one attached hydrogen (secondary N) is 2. The van der Waals surface area contributed by atoms with Gasteiger partial charge in [-0.2, -0.15) is 0 Å². The predicted molar refractivity (Wildman–Crippen MR) is 122 cm³/mol. The van der Waals surface area contributed by atoms with Gasteiger partial charge in [0.05, 0.1) is 0 Å². The molecule has 1 fully saturated rings. The van der Waals surface area contributed by atoms with Crippen molar-refractivity contribution in [1.82, 2.24) is 20.8 Å². The van der Waals surface area contributed by atoms with Gasteiger partial charge in [-0.3, -0.25) is 20.4 Å². The molecule has 2 amide bonds.